The number of pyridine rings is 2. The molecular weight excluding hydrogens is 731 g/mol. The van der Waals surface area contributed by atoms with E-state index in [1.54, 1.807) is 29.0 Å². The maximum atomic E-state index is 14.1. The van der Waals surface area contributed by atoms with Gasteiger partial charge < -0.3 is 15.1 Å². The number of halogens is 4. The zero-order valence-electron chi connectivity index (χ0n) is 29.2. The van der Waals surface area contributed by atoms with Gasteiger partial charge in [0.1, 0.15) is 35.4 Å². The summed E-state index contributed by atoms with van der Waals surface area (Å²) in [6.45, 7) is 0. The Morgan fingerprint density at radius 2 is 1.09 bits per heavy atom. The number of nitrogens with zero attached hydrogens (tertiary/aromatic N) is 4. The Bertz CT molecular complexity index is 2110. The third kappa shape index (κ3) is 9.96. The van der Waals surface area contributed by atoms with Crippen LogP contribution < -0.4 is 24.6 Å². The number of likely N-dealkylation sites (N-methyl/N-ethyl adjacent to an activating group) is 2. The topological polar surface area (TPSA) is 154 Å². The average Bonchev–Trinajstić information content (AvgIpc) is 4.03. The van der Waals surface area contributed by atoms with Gasteiger partial charge >= 0.3 is 16.2 Å². The highest BCUT2D eigenvalue weighted by Crippen LogP contribution is 2.40. The molecule has 54 heavy (non-hydrogen) atoms. The minimum atomic E-state index is -4.95. The molecule has 0 bridgehead atoms. The Morgan fingerprint density at radius 3 is 1.48 bits per heavy atom. The summed E-state index contributed by atoms with van der Waals surface area (Å²) in [7, 11) is -2.19. The van der Waals surface area contributed by atoms with Crippen LogP contribution in [-0.4, -0.2) is 62.4 Å². The summed E-state index contributed by atoms with van der Waals surface area (Å²) < 4.78 is 87.0. The van der Waals surface area contributed by atoms with Gasteiger partial charge in [-0.2, -0.15) is 13.1 Å². The number of rotatable bonds is 14. The molecule has 0 unspecified atom stereocenters. The summed E-state index contributed by atoms with van der Waals surface area (Å²) in [6.07, 6.45) is 5.94. The Labute approximate surface area is 309 Å². The summed E-state index contributed by atoms with van der Waals surface area (Å²) in [6, 6.07) is 7.15. The molecule has 2 aromatic carbocycles. The van der Waals surface area contributed by atoms with Crippen molar-refractivity contribution in [1.29, 1.82) is 0 Å². The SMILES string of the molecule is CN(C(=O)[C@H](Cc1cc(F)cc(F)c1)NC(=O)NS(=O)(=O)N[C@@H](Cc1cc(F)cc(F)c1)C(=O)N(C)c1ccc(C2CC2)nc1)c1ccc(C2CC2)nc1. The van der Waals surface area contributed by atoms with Crippen molar-refractivity contribution in [3.63, 3.8) is 0 Å². The van der Waals surface area contributed by atoms with E-state index in [-0.39, 0.29) is 11.1 Å². The van der Waals surface area contributed by atoms with Crippen LogP contribution in [0.3, 0.4) is 0 Å². The number of hydrogen-bond acceptors (Lipinski definition) is 7. The Kier molecular flexibility index (Phi) is 11.3. The first-order chi connectivity index (χ1) is 25.6. The fraction of sp³-hybridized carbons (Fsp3) is 0.324. The van der Waals surface area contributed by atoms with E-state index in [0.717, 1.165) is 71.1 Å². The Balaban J connectivity index is 1.20. The molecule has 2 aliphatic carbocycles. The molecule has 0 aliphatic heterocycles. The van der Waals surface area contributed by atoms with Gasteiger partial charge in [-0.1, -0.05) is 0 Å². The van der Waals surface area contributed by atoms with Crippen molar-refractivity contribution < 1.29 is 40.4 Å². The number of amides is 4. The number of benzene rings is 2. The van der Waals surface area contributed by atoms with Crippen LogP contribution in [0, 0.1) is 23.3 Å². The van der Waals surface area contributed by atoms with Gasteiger partial charge in [0.2, 0.25) is 11.8 Å². The van der Waals surface area contributed by atoms with Crippen molar-refractivity contribution in [2.24, 2.45) is 0 Å². The largest absolute Gasteiger partial charge is 0.330 e. The summed E-state index contributed by atoms with van der Waals surface area (Å²) in [5.74, 6) is -4.74. The lowest BCUT2D eigenvalue weighted by molar-refractivity contribution is -0.120. The van der Waals surface area contributed by atoms with Crippen molar-refractivity contribution in [3.05, 3.63) is 119 Å². The molecule has 2 saturated carbocycles. The third-order valence-corrected chi connectivity index (χ3v) is 10.2. The van der Waals surface area contributed by atoms with Crippen LogP contribution in [0.25, 0.3) is 0 Å². The molecule has 4 aromatic rings. The highest BCUT2D eigenvalue weighted by atomic mass is 32.2. The fourth-order valence-electron chi connectivity index (χ4n) is 5.99. The van der Waals surface area contributed by atoms with Crippen molar-refractivity contribution in [1.82, 2.24) is 24.7 Å². The maximum Gasteiger partial charge on any atom is 0.330 e. The molecule has 2 atom stereocenters. The lowest BCUT2D eigenvalue weighted by Gasteiger charge is -2.26. The van der Waals surface area contributed by atoms with E-state index in [1.807, 2.05) is 0 Å². The molecule has 0 saturated heterocycles. The number of nitrogens with one attached hydrogen (secondary N) is 3. The van der Waals surface area contributed by atoms with Crippen LogP contribution in [0.1, 0.15) is 60.0 Å². The highest BCUT2D eigenvalue weighted by molar-refractivity contribution is 7.88. The minimum absolute atomic E-state index is 0.0154. The number of aromatic nitrogens is 2. The van der Waals surface area contributed by atoms with Gasteiger partial charge in [0.25, 0.3) is 0 Å². The molecule has 0 spiro atoms. The number of carbonyl (C=O) groups is 3. The van der Waals surface area contributed by atoms with E-state index in [9.17, 15) is 40.4 Å². The second-order valence-electron chi connectivity index (χ2n) is 13.5. The number of carbonyl (C=O) groups excluding carboxylic acids is 3. The van der Waals surface area contributed by atoms with Crippen LogP contribution in [-0.2, 0) is 32.6 Å². The molecule has 17 heteroatoms. The van der Waals surface area contributed by atoms with E-state index < -0.39 is 76.2 Å². The van der Waals surface area contributed by atoms with Gasteiger partial charge in [-0.25, -0.2) is 27.1 Å². The average molecular weight is 768 g/mol. The zero-order valence-corrected chi connectivity index (χ0v) is 30.0. The molecule has 0 radical (unpaired) electrons. The second-order valence-corrected chi connectivity index (χ2v) is 14.9. The summed E-state index contributed by atoms with van der Waals surface area (Å²) in [4.78, 5) is 51.8. The predicted molar refractivity (Wildman–Crippen MR) is 191 cm³/mol. The standard InChI is InChI=1S/C37H37F4N7O5S/c1-47(29-7-9-31(42-19-29)23-3-4-23)35(49)33(15-21-11-25(38)17-26(39)12-21)44-37(51)46-54(52,53)45-34(16-22-13-27(40)18-28(41)14-22)36(50)48(2)30-8-10-32(43-20-30)24-5-6-24/h7-14,17-20,23-24,33-34,45H,3-6,15-16H2,1-2H3,(H2,44,46,51)/t33-,34-/m0/s1. The molecule has 2 fully saturated rings. The summed E-state index contributed by atoms with van der Waals surface area (Å²) in [5, 5.41) is 2.26. The zero-order chi connectivity index (χ0) is 38.7. The molecule has 3 N–H and O–H groups in total. The summed E-state index contributed by atoms with van der Waals surface area (Å²) in [5.41, 5.74) is 2.27. The first-order valence-corrected chi connectivity index (χ1v) is 18.6. The predicted octanol–water partition coefficient (Wildman–Crippen LogP) is 4.77. The molecule has 2 aromatic heterocycles. The molecule has 4 amide bonds. The first kappa shape index (κ1) is 38.3. The van der Waals surface area contributed by atoms with E-state index in [1.165, 1.54) is 26.5 Å². The first-order valence-electron chi connectivity index (χ1n) is 17.1. The van der Waals surface area contributed by atoms with Gasteiger partial charge in [0.05, 0.1) is 23.8 Å². The van der Waals surface area contributed by atoms with Gasteiger partial charge in [-0.15, -0.1) is 0 Å². The normalized spacial score (nSPS) is 15.2. The molecule has 12 nitrogen and oxygen atoms in total. The van der Waals surface area contributed by atoms with Crippen LogP contribution in [0.5, 0.6) is 0 Å². The highest BCUT2D eigenvalue weighted by Gasteiger charge is 2.32. The minimum Gasteiger partial charge on any atom is -0.325 e. The lowest BCUT2D eigenvalue weighted by Crippen LogP contribution is -2.57. The van der Waals surface area contributed by atoms with Crippen molar-refractivity contribution in [2.45, 2.75) is 62.4 Å². The quantitative estimate of drug-likeness (QED) is 0.156. The van der Waals surface area contributed by atoms with Crippen molar-refractivity contribution in [3.8, 4) is 0 Å². The molecular formula is C37H37F4N7O5S. The Morgan fingerprint density at radius 1 is 0.685 bits per heavy atom. The van der Waals surface area contributed by atoms with Gasteiger partial charge in [0, 0.05) is 55.9 Å². The van der Waals surface area contributed by atoms with Crippen LogP contribution in [0.15, 0.2) is 73.1 Å². The van der Waals surface area contributed by atoms with Gasteiger partial charge in [-0.3, -0.25) is 19.6 Å². The van der Waals surface area contributed by atoms with E-state index >= 15 is 0 Å². The van der Waals surface area contributed by atoms with Gasteiger partial charge in [0.15, 0.2) is 0 Å². The van der Waals surface area contributed by atoms with Crippen molar-refractivity contribution in [2.75, 3.05) is 23.9 Å². The van der Waals surface area contributed by atoms with E-state index in [2.05, 4.69) is 20.0 Å². The second kappa shape index (κ2) is 15.9. The number of hydrogen-bond donors (Lipinski definition) is 3. The summed E-state index contributed by atoms with van der Waals surface area (Å²) >= 11 is 0. The van der Waals surface area contributed by atoms with Crippen LogP contribution in [0.2, 0.25) is 0 Å². The molecule has 2 aliphatic rings. The van der Waals surface area contributed by atoms with Crippen molar-refractivity contribution >= 4 is 39.4 Å². The van der Waals surface area contributed by atoms with Crippen LogP contribution in [0.4, 0.5) is 33.7 Å². The van der Waals surface area contributed by atoms with E-state index in [0.29, 0.717) is 35.3 Å². The molecule has 2 heterocycles. The van der Waals surface area contributed by atoms with Gasteiger partial charge in [-0.05, 0) is 91.8 Å². The molecule has 6 rings (SSSR count). The third-order valence-electron chi connectivity index (χ3n) is 9.12. The monoisotopic (exact) mass is 767 g/mol. The maximum absolute atomic E-state index is 14.1. The fourth-order valence-corrected chi connectivity index (χ4v) is 6.91. The smallest absolute Gasteiger partial charge is 0.325 e. The van der Waals surface area contributed by atoms with E-state index in [4.69, 9.17) is 0 Å². The number of anilines is 2. The Hall–Kier alpha value is -5.42. The lowest BCUT2D eigenvalue weighted by atomic mass is 10.0. The molecule has 284 valence electrons. The van der Waals surface area contributed by atoms with Crippen LogP contribution >= 0.6 is 0 Å². The number of urea groups is 1.